The third-order valence-electron chi connectivity index (χ3n) is 6.53. The molecule has 3 atom stereocenters. The van der Waals surface area contributed by atoms with Gasteiger partial charge >= 0.3 is 11.9 Å². The summed E-state index contributed by atoms with van der Waals surface area (Å²) < 4.78 is 0. The first-order valence-corrected chi connectivity index (χ1v) is 12.4. The van der Waals surface area contributed by atoms with E-state index in [-0.39, 0.29) is 51.4 Å². The Balaban J connectivity index is 1.27. The van der Waals surface area contributed by atoms with Gasteiger partial charge in [-0.05, 0) is 18.6 Å². The maximum atomic E-state index is 12.6. The van der Waals surface area contributed by atoms with Crippen LogP contribution in [0.3, 0.4) is 0 Å². The number of piperidine rings is 1. The zero-order chi connectivity index (χ0) is 25.0. The molecule has 1 aliphatic heterocycles. The summed E-state index contributed by atoms with van der Waals surface area (Å²) in [5, 5.41) is 23.3. The smallest absolute Gasteiger partial charge is 0.347 e. The molecule has 1 saturated carbocycles. The number of aromatic carboxylic acids is 2. The number of carbonyl (C=O) groups is 3. The van der Waals surface area contributed by atoms with Gasteiger partial charge in [0, 0.05) is 43.1 Å². The average Bonchev–Trinajstić information content (AvgIpc) is 3.19. The minimum absolute atomic E-state index is 0.00183. The van der Waals surface area contributed by atoms with Crippen LogP contribution in [0.2, 0.25) is 10.0 Å². The van der Waals surface area contributed by atoms with Crippen molar-refractivity contribution >= 4 is 57.5 Å². The number of carbonyl (C=O) groups excluding carboxylic acids is 1. The highest BCUT2D eigenvalue weighted by molar-refractivity contribution is 7.17. The Morgan fingerprint density at radius 1 is 1.14 bits per heavy atom. The molecule has 0 spiro atoms. The molecule has 0 unspecified atom stereocenters. The number of nitrogens with one attached hydrogen (secondary N) is 2. The van der Waals surface area contributed by atoms with E-state index in [1.54, 1.807) is 25.1 Å². The molecule has 1 amide bonds. The van der Waals surface area contributed by atoms with Crippen LogP contribution < -0.4 is 10.2 Å². The summed E-state index contributed by atoms with van der Waals surface area (Å²) in [7, 11) is 0. The summed E-state index contributed by atoms with van der Waals surface area (Å²) in [6.07, 6.45) is 0.110. The molecule has 35 heavy (non-hydrogen) atoms. The molecule has 4 N–H and O–H groups in total. The van der Waals surface area contributed by atoms with E-state index in [1.165, 1.54) is 6.07 Å². The van der Waals surface area contributed by atoms with Crippen molar-refractivity contribution in [2.45, 2.75) is 19.4 Å². The standard InChI is InChI=1S/C23H20Cl2N4O5S/c1-9-15(24)16(25)18(26-9)20(30)28-17-12-7-29(8-13(12)17)23-27-14(19(35-23)22(33)34)6-10-4-2-3-5-11(10)21(31)32/h2-5,12-13,17,26H,6-8H2,1H3,(H,28,30)(H,31,32)(H,33,34)/t12-,13+,17-. The number of carboxylic acids is 2. The lowest BCUT2D eigenvalue weighted by Crippen LogP contribution is -2.34. The topological polar surface area (TPSA) is 136 Å². The molecule has 0 radical (unpaired) electrons. The van der Waals surface area contributed by atoms with Gasteiger partial charge in [0.25, 0.3) is 5.91 Å². The van der Waals surface area contributed by atoms with E-state index in [2.05, 4.69) is 15.3 Å². The first-order chi connectivity index (χ1) is 16.7. The normalized spacial score (nSPS) is 20.5. The quantitative estimate of drug-likeness (QED) is 0.360. The first-order valence-electron chi connectivity index (χ1n) is 10.8. The maximum absolute atomic E-state index is 12.6. The third kappa shape index (κ3) is 4.26. The third-order valence-corrected chi connectivity index (χ3v) is 8.62. The lowest BCUT2D eigenvalue weighted by atomic mass is 10.0. The Morgan fingerprint density at radius 2 is 1.83 bits per heavy atom. The minimum Gasteiger partial charge on any atom is -0.478 e. The van der Waals surface area contributed by atoms with E-state index in [1.807, 2.05) is 4.90 Å². The van der Waals surface area contributed by atoms with Crippen LogP contribution in [0.4, 0.5) is 5.13 Å². The molecule has 1 saturated heterocycles. The Bertz CT molecular complexity index is 1360. The SMILES string of the molecule is Cc1[nH]c(C(=O)N[C@@H]2[C@@H]3CN(c4nc(Cc5ccccc5C(=O)O)c(C(=O)O)s4)C[C@@H]32)c(Cl)c1Cl. The number of hydrogen-bond donors (Lipinski definition) is 4. The highest BCUT2D eigenvalue weighted by atomic mass is 35.5. The Labute approximate surface area is 213 Å². The second-order valence-electron chi connectivity index (χ2n) is 8.70. The van der Waals surface area contributed by atoms with Crippen LogP contribution in [0.5, 0.6) is 0 Å². The lowest BCUT2D eigenvalue weighted by Gasteiger charge is -2.19. The molecule has 9 nitrogen and oxygen atoms in total. The van der Waals surface area contributed by atoms with Crippen molar-refractivity contribution < 1.29 is 24.6 Å². The predicted octanol–water partition coefficient (Wildman–Crippen LogP) is 3.94. The van der Waals surface area contributed by atoms with Gasteiger partial charge in [-0.2, -0.15) is 0 Å². The van der Waals surface area contributed by atoms with Crippen LogP contribution in [-0.4, -0.2) is 57.2 Å². The second-order valence-corrected chi connectivity index (χ2v) is 10.4. The number of benzene rings is 1. The number of rotatable bonds is 7. The monoisotopic (exact) mass is 534 g/mol. The molecule has 3 aromatic rings. The molecule has 5 rings (SSSR count). The number of anilines is 1. The number of H-pyrrole nitrogens is 1. The van der Waals surface area contributed by atoms with Crippen LogP contribution in [0.15, 0.2) is 24.3 Å². The molecule has 2 aliphatic rings. The van der Waals surface area contributed by atoms with Crippen LogP contribution >= 0.6 is 34.5 Å². The summed E-state index contributed by atoms with van der Waals surface area (Å²) in [6.45, 7) is 3.00. The van der Waals surface area contributed by atoms with E-state index in [4.69, 9.17) is 23.2 Å². The van der Waals surface area contributed by atoms with Crippen molar-refractivity contribution in [2.75, 3.05) is 18.0 Å². The van der Waals surface area contributed by atoms with E-state index < -0.39 is 11.9 Å². The number of hydrogen-bond acceptors (Lipinski definition) is 6. The van der Waals surface area contributed by atoms with Gasteiger partial charge in [0.1, 0.15) is 10.6 Å². The van der Waals surface area contributed by atoms with Gasteiger partial charge in [0.15, 0.2) is 5.13 Å². The van der Waals surface area contributed by atoms with Gasteiger partial charge in [-0.3, -0.25) is 4.79 Å². The largest absolute Gasteiger partial charge is 0.478 e. The van der Waals surface area contributed by atoms with E-state index in [0.29, 0.717) is 40.2 Å². The summed E-state index contributed by atoms with van der Waals surface area (Å²) in [5.41, 5.74) is 1.84. The van der Waals surface area contributed by atoms with Crippen LogP contribution in [0.1, 0.15) is 47.5 Å². The molecule has 182 valence electrons. The fraction of sp³-hybridized carbons (Fsp3) is 0.304. The van der Waals surface area contributed by atoms with Crippen molar-refractivity contribution in [3.05, 3.63) is 67.4 Å². The first kappa shape index (κ1) is 23.7. The van der Waals surface area contributed by atoms with Gasteiger partial charge in [0.2, 0.25) is 0 Å². The number of fused-ring (bicyclic) bond motifs is 1. The molecule has 2 aromatic heterocycles. The summed E-state index contributed by atoms with van der Waals surface area (Å²) in [4.78, 5) is 45.6. The number of carboxylic acid groups (broad SMARTS) is 2. The van der Waals surface area contributed by atoms with Gasteiger partial charge in [-0.15, -0.1) is 0 Å². The molecule has 0 bridgehead atoms. The van der Waals surface area contributed by atoms with Crippen LogP contribution in [0.25, 0.3) is 0 Å². The molecule has 1 aliphatic carbocycles. The molecule has 1 aromatic carbocycles. The van der Waals surface area contributed by atoms with Gasteiger partial charge in [-0.25, -0.2) is 14.6 Å². The number of halogens is 2. The van der Waals surface area contributed by atoms with Crippen molar-refractivity contribution in [3.8, 4) is 0 Å². The number of amides is 1. The highest BCUT2D eigenvalue weighted by Gasteiger charge is 2.57. The van der Waals surface area contributed by atoms with Crippen molar-refractivity contribution in [2.24, 2.45) is 11.8 Å². The van der Waals surface area contributed by atoms with Crippen LogP contribution in [0, 0.1) is 18.8 Å². The molecular weight excluding hydrogens is 515 g/mol. The number of thiazole rings is 1. The maximum Gasteiger partial charge on any atom is 0.347 e. The van der Waals surface area contributed by atoms with E-state index in [9.17, 15) is 24.6 Å². The number of aromatic amines is 1. The van der Waals surface area contributed by atoms with Crippen molar-refractivity contribution in [1.29, 1.82) is 0 Å². The van der Waals surface area contributed by atoms with Crippen molar-refractivity contribution in [3.63, 3.8) is 0 Å². The van der Waals surface area contributed by atoms with Gasteiger partial charge < -0.3 is 25.4 Å². The Hall–Kier alpha value is -3.08. The highest BCUT2D eigenvalue weighted by Crippen LogP contribution is 2.48. The zero-order valence-electron chi connectivity index (χ0n) is 18.3. The molecular formula is C23H20Cl2N4O5S. The predicted molar refractivity (Wildman–Crippen MR) is 131 cm³/mol. The lowest BCUT2D eigenvalue weighted by molar-refractivity contribution is 0.0688. The van der Waals surface area contributed by atoms with Gasteiger partial charge in [0.05, 0.1) is 21.3 Å². The second kappa shape index (κ2) is 8.85. The van der Waals surface area contributed by atoms with E-state index >= 15 is 0 Å². The summed E-state index contributed by atoms with van der Waals surface area (Å²) in [5.74, 6) is -2.03. The van der Waals surface area contributed by atoms with E-state index in [0.717, 1.165) is 11.3 Å². The van der Waals surface area contributed by atoms with Crippen LogP contribution in [-0.2, 0) is 6.42 Å². The Kier molecular flexibility index (Phi) is 5.98. The average molecular weight is 535 g/mol. The van der Waals surface area contributed by atoms with Gasteiger partial charge in [-0.1, -0.05) is 52.7 Å². The molecule has 2 fully saturated rings. The number of nitrogens with zero attached hydrogens (tertiary/aromatic N) is 2. The number of aromatic nitrogens is 2. The fourth-order valence-corrected chi connectivity index (χ4v) is 6.03. The minimum atomic E-state index is -1.09. The number of aryl methyl sites for hydroxylation is 1. The molecule has 3 heterocycles. The Morgan fingerprint density at radius 3 is 2.43 bits per heavy atom. The zero-order valence-corrected chi connectivity index (χ0v) is 20.7. The summed E-state index contributed by atoms with van der Waals surface area (Å²) in [6, 6.07) is 6.50. The van der Waals surface area contributed by atoms with Crippen molar-refractivity contribution in [1.82, 2.24) is 15.3 Å². The summed E-state index contributed by atoms with van der Waals surface area (Å²) >= 11 is 13.3. The molecule has 12 heteroatoms. The fourth-order valence-electron chi connectivity index (χ4n) is 4.67.